The van der Waals surface area contributed by atoms with Gasteiger partial charge in [-0.2, -0.15) is 13.2 Å². The van der Waals surface area contributed by atoms with Crippen LogP contribution in [0.15, 0.2) is 24.3 Å². The normalized spacial score (nSPS) is 24.9. The summed E-state index contributed by atoms with van der Waals surface area (Å²) in [5.41, 5.74) is -0.200. The molecular weight excluding hydrogens is 309 g/mol. The summed E-state index contributed by atoms with van der Waals surface area (Å²) in [5, 5.41) is 2.87. The summed E-state index contributed by atoms with van der Waals surface area (Å²) in [6.07, 6.45) is -2.44. The number of carbonyl (C=O) groups excluding carboxylic acids is 2. The Morgan fingerprint density at radius 3 is 2.35 bits per heavy atom. The maximum Gasteiger partial charge on any atom is 0.416 e. The van der Waals surface area contributed by atoms with Crippen LogP contribution in [-0.2, 0) is 15.8 Å². The van der Waals surface area contributed by atoms with E-state index in [4.69, 9.17) is 0 Å². The van der Waals surface area contributed by atoms with Crippen LogP contribution >= 0.6 is 0 Å². The van der Waals surface area contributed by atoms with Gasteiger partial charge < -0.3 is 10.2 Å². The monoisotopic (exact) mass is 326 g/mol. The van der Waals surface area contributed by atoms with Crippen LogP contribution in [0.25, 0.3) is 0 Å². The Hall–Kier alpha value is -2.05. The van der Waals surface area contributed by atoms with Crippen LogP contribution in [0.3, 0.4) is 0 Å². The molecule has 0 radical (unpaired) electrons. The zero-order chi connectivity index (χ0) is 16.8. The number of hydrogen-bond donors (Lipinski definition) is 1. The third-order valence-corrected chi connectivity index (χ3v) is 4.43. The Labute approximate surface area is 131 Å². The van der Waals surface area contributed by atoms with Gasteiger partial charge in [-0.05, 0) is 30.5 Å². The van der Waals surface area contributed by atoms with Crippen LogP contribution in [0, 0.1) is 5.92 Å². The van der Waals surface area contributed by atoms with E-state index in [1.165, 1.54) is 17.0 Å². The predicted octanol–water partition coefficient (Wildman–Crippen LogP) is 2.50. The van der Waals surface area contributed by atoms with Gasteiger partial charge >= 0.3 is 6.18 Å². The molecule has 4 nitrogen and oxygen atoms in total. The van der Waals surface area contributed by atoms with E-state index in [0.29, 0.717) is 5.56 Å². The molecule has 124 valence electrons. The van der Waals surface area contributed by atoms with E-state index in [2.05, 4.69) is 5.32 Å². The summed E-state index contributed by atoms with van der Waals surface area (Å²) in [7, 11) is 1.58. The Balaban J connectivity index is 1.84. The number of benzene rings is 1. The number of carbonyl (C=O) groups is 2. The fourth-order valence-corrected chi connectivity index (χ4v) is 2.97. The Kier molecular flexibility index (Phi) is 3.82. The van der Waals surface area contributed by atoms with E-state index >= 15 is 0 Å². The molecule has 1 saturated heterocycles. The highest BCUT2D eigenvalue weighted by atomic mass is 19.4. The summed E-state index contributed by atoms with van der Waals surface area (Å²) in [6, 6.07) is 4.32. The fourth-order valence-electron chi connectivity index (χ4n) is 2.97. The smallest absolute Gasteiger partial charge is 0.353 e. The maximum atomic E-state index is 12.7. The first kappa shape index (κ1) is 15.8. The molecule has 2 amide bonds. The summed E-state index contributed by atoms with van der Waals surface area (Å²) in [5.74, 6) is -0.939. The van der Waals surface area contributed by atoms with Gasteiger partial charge in [-0.15, -0.1) is 0 Å². The minimum atomic E-state index is -4.40. The average Bonchev–Trinajstić information content (AvgIpc) is 3.24. The number of hydrogen-bond acceptors (Lipinski definition) is 2. The number of nitrogens with one attached hydrogen (secondary N) is 1. The molecule has 1 aromatic carbocycles. The number of alkyl halides is 3. The van der Waals surface area contributed by atoms with Gasteiger partial charge in [-0.25, -0.2) is 0 Å². The molecule has 2 aliphatic rings. The molecule has 1 heterocycles. The van der Waals surface area contributed by atoms with Crippen LogP contribution in [0.1, 0.15) is 36.4 Å². The molecule has 23 heavy (non-hydrogen) atoms. The highest BCUT2D eigenvalue weighted by Crippen LogP contribution is 2.39. The van der Waals surface area contributed by atoms with Gasteiger partial charge in [-0.1, -0.05) is 12.1 Å². The van der Waals surface area contributed by atoms with Gasteiger partial charge in [0.2, 0.25) is 11.8 Å². The molecule has 7 heteroatoms. The summed E-state index contributed by atoms with van der Waals surface area (Å²) >= 11 is 0. The lowest BCUT2D eigenvalue weighted by Gasteiger charge is -2.25. The largest absolute Gasteiger partial charge is 0.416 e. The van der Waals surface area contributed by atoms with Gasteiger partial charge in [0.15, 0.2) is 0 Å². The van der Waals surface area contributed by atoms with Crippen molar-refractivity contribution in [2.75, 3.05) is 7.05 Å². The van der Waals surface area contributed by atoms with Crippen molar-refractivity contribution in [2.24, 2.45) is 5.92 Å². The molecule has 2 atom stereocenters. The first-order valence-electron chi connectivity index (χ1n) is 7.50. The van der Waals surface area contributed by atoms with E-state index in [-0.39, 0.29) is 24.3 Å². The minimum Gasteiger partial charge on any atom is -0.353 e. The zero-order valence-electron chi connectivity index (χ0n) is 12.6. The van der Waals surface area contributed by atoms with Gasteiger partial charge in [0, 0.05) is 19.5 Å². The Morgan fingerprint density at radius 1 is 1.22 bits per heavy atom. The summed E-state index contributed by atoms with van der Waals surface area (Å²) in [6.45, 7) is 0. The van der Waals surface area contributed by atoms with Crippen molar-refractivity contribution < 1.29 is 22.8 Å². The van der Waals surface area contributed by atoms with Crippen molar-refractivity contribution in [3.05, 3.63) is 35.4 Å². The third-order valence-electron chi connectivity index (χ3n) is 4.43. The summed E-state index contributed by atoms with van der Waals surface area (Å²) < 4.78 is 38.0. The molecule has 0 aromatic heterocycles. The van der Waals surface area contributed by atoms with E-state index < -0.39 is 23.7 Å². The number of rotatable bonds is 3. The van der Waals surface area contributed by atoms with Crippen molar-refractivity contribution in [1.29, 1.82) is 0 Å². The fraction of sp³-hybridized carbons (Fsp3) is 0.500. The average molecular weight is 326 g/mol. The molecule has 1 aliphatic heterocycles. The van der Waals surface area contributed by atoms with Crippen LogP contribution in [0.4, 0.5) is 13.2 Å². The first-order valence-corrected chi connectivity index (χ1v) is 7.50. The van der Waals surface area contributed by atoms with Crippen molar-refractivity contribution in [2.45, 2.75) is 37.5 Å². The first-order chi connectivity index (χ1) is 10.8. The van der Waals surface area contributed by atoms with E-state index in [9.17, 15) is 22.8 Å². The number of halogens is 3. The summed E-state index contributed by atoms with van der Waals surface area (Å²) in [4.78, 5) is 25.7. The third kappa shape index (κ3) is 3.18. The van der Waals surface area contributed by atoms with E-state index in [1.54, 1.807) is 7.05 Å². The molecular formula is C16H17F3N2O2. The second kappa shape index (κ2) is 5.54. The van der Waals surface area contributed by atoms with Crippen molar-refractivity contribution in [3.8, 4) is 0 Å². The van der Waals surface area contributed by atoms with Crippen LogP contribution in [-0.4, -0.2) is 29.8 Å². The number of nitrogens with zero attached hydrogens (tertiary/aromatic N) is 1. The van der Waals surface area contributed by atoms with Crippen LogP contribution < -0.4 is 5.32 Å². The van der Waals surface area contributed by atoms with Crippen molar-refractivity contribution in [3.63, 3.8) is 0 Å². The SMILES string of the molecule is CN1C(=O)CC(C(=O)NC2CC2)C1c1ccc(C(F)(F)F)cc1. The number of amides is 2. The van der Waals surface area contributed by atoms with E-state index in [0.717, 1.165) is 25.0 Å². The quantitative estimate of drug-likeness (QED) is 0.928. The lowest BCUT2D eigenvalue weighted by Crippen LogP contribution is -2.35. The standard InChI is InChI=1S/C16H17F3N2O2/c1-21-13(22)8-12(15(23)20-11-6-7-11)14(21)9-2-4-10(5-3-9)16(17,18)19/h2-5,11-12,14H,6-8H2,1H3,(H,20,23). The van der Waals surface area contributed by atoms with Crippen LogP contribution in [0.5, 0.6) is 0 Å². The highest BCUT2D eigenvalue weighted by Gasteiger charge is 2.44. The van der Waals surface area contributed by atoms with Crippen molar-refractivity contribution >= 4 is 11.8 Å². The molecule has 1 aromatic rings. The molecule has 0 bridgehead atoms. The predicted molar refractivity (Wildman–Crippen MR) is 76.2 cm³/mol. The lowest BCUT2D eigenvalue weighted by atomic mass is 9.92. The lowest BCUT2D eigenvalue weighted by molar-refractivity contribution is -0.137. The van der Waals surface area contributed by atoms with Gasteiger partial charge in [0.05, 0.1) is 17.5 Å². The van der Waals surface area contributed by atoms with Gasteiger partial charge in [0.25, 0.3) is 0 Å². The number of likely N-dealkylation sites (tertiary alicyclic amines) is 1. The Morgan fingerprint density at radius 2 is 1.83 bits per heavy atom. The molecule has 3 rings (SSSR count). The molecule has 1 saturated carbocycles. The van der Waals surface area contributed by atoms with Crippen molar-refractivity contribution in [1.82, 2.24) is 10.2 Å². The molecule has 1 N–H and O–H groups in total. The van der Waals surface area contributed by atoms with Crippen LogP contribution in [0.2, 0.25) is 0 Å². The van der Waals surface area contributed by atoms with E-state index in [1.807, 2.05) is 0 Å². The molecule has 2 unspecified atom stereocenters. The van der Waals surface area contributed by atoms with Gasteiger partial charge in [-0.3, -0.25) is 9.59 Å². The zero-order valence-corrected chi connectivity index (χ0v) is 12.6. The molecule has 0 spiro atoms. The van der Waals surface area contributed by atoms with Gasteiger partial charge in [0.1, 0.15) is 0 Å². The molecule has 1 aliphatic carbocycles. The second-order valence-corrected chi connectivity index (χ2v) is 6.16. The second-order valence-electron chi connectivity index (χ2n) is 6.16. The minimum absolute atomic E-state index is 0.0841. The highest BCUT2D eigenvalue weighted by molar-refractivity contribution is 5.90. The Bertz CT molecular complexity index is 623. The maximum absolute atomic E-state index is 12.7. The topological polar surface area (TPSA) is 49.4 Å². The molecule has 2 fully saturated rings.